The lowest BCUT2D eigenvalue weighted by atomic mass is 10.1. The summed E-state index contributed by atoms with van der Waals surface area (Å²) in [5.41, 5.74) is 0. The summed E-state index contributed by atoms with van der Waals surface area (Å²) in [6, 6.07) is 1.20. The topological polar surface area (TPSA) is 70.5 Å². The number of hydrogen-bond acceptors (Lipinski definition) is 7. The average Bonchev–Trinajstić information content (AvgIpc) is 3.11. The molecule has 3 heterocycles. The van der Waals surface area contributed by atoms with Crippen LogP contribution >= 0.6 is 11.7 Å². The van der Waals surface area contributed by atoms with E-state index in [9.17, 15) is 5.11 Å². The second-order valence-electron chi connectivity index (χ2n) is 5.26. The summed E-state index contributed by atoms with van der Waals surface area (Å²) >= 11 is 1.11. The number of ether oxygens (including phenoxy) is 1. The first kappa shape index (κ1) is 13.2. The number of hydrogen-bond donors (Lipinski definition) is 2. The van der Waals surface area contributed by atoms with Crippen LogP contribution < -0.4 is 10.1 Å². The Hall–Kier alpha value is -0.760. The molecule has 6 nitrogen and oxygen atoms in total. The highest BCUT2D eigenvalue weighted by atomic mass is 32.1. The fourth-order valence-corrected chi connectivity index (χ4v) is 3.43. The van der Waals surface area contributed by atoms with Crippen molar-refractivity contribution in [2.45, 2.75) is 37.5 Å². The highest BCUT2D eigenvalue weighted by Gasteiger charge is 2.36. The number of aliphatic hydroxyl groups excluding tert-OH is 1. The Morgan fingerprint density at radius 3 is 3.32 bits per heavy atom. The maximum absolute atomic E-state index is 9.90. The van der Waals surface area contributed by atoms with Gasteiger partial charge in [-0.1, -0.05) is 0 Å². The number of fused-ring (bicyclic) bond motifs is 1. The van der Waals surface area contributed by atoms with Crippen LogP contribution in [0, 0.1) is 0 Å². The van der Waals surface area contributed by atoms with Gasteiger partial charge in [0.05, 0.1) is 11.7 Å². The van der Waals surface area contributed by atoms with Gasteiger partial charge >= 0.3 is 0 Å². The molecule has 1 aromatic heterocycles. The third-order valence-electron chi connectivity index (χ3n) is 3.99. The maximum atomic E-state index is 9.90. The van der Waals surface area contributed by atoms with Gasteiger partial charge in [0.25, 0.3) is 0 Å². The molecule has 2 fully saturated rings. The molecular weight excluding hydrogens is 264 g/mol. The molecule has 2 aliphatic rings. The largest absolute Gasteiger partial charge is 0.473 e. The molecule has 3 rings (SSSR count). The van der Waals surface area contributed by atoms with E-state index in [1.165, 1.54) is 32.4 Å². The van der Waals surface area contributed by atoms with Gasteiger partial charge in [0.15, 0.2) is 0 Å². The van der Waals surface area contributed by atoms with Gasteiger partial charge in [-0.2, -0.15) is 4.37 Å². The molecule has 2 aliphatic heterocycles. The third kappa shape index (κ3) is 3.22. The normalized spacial score (nSPS) is 28.5. The average molecular weight is 284 g/mol. The predicted molar refractivity (Wildman–Crippen MR) is 72.4 cm³/mol. The molecule has 0 spiro atoms. The minimum absolute atomic E-state index is 0.263. The summed E-state index contributed by atoms with van der Waals surface area (Å²) in [6.07, 6.45) is 4.85. The Balaban J connectivity index is 1.37. The van der Waals surface area contributed by atoms with E-state index >= 15 is 0 Å². The van der Waals surface area contributed by atoms with Crippen LogP contribution in [0.25, 0.3) is 0 Å². The zero-order valence-electron chi connectivity index (χ0n) is 10.9. The van der Waals surface area contributed by atoms with E-state index < -0.39 is 6.10 Å². The first-order chi connectivity index (χ1) is 9.33. The fourth-order valence-electron chi connectivity index (χ4n) is 3.07. The van der Waals surface area contributed by atoms with Crippen molar-refractivity contribution >= 4 is 11.7 Å². The van der Waals surface area contributed by atoms with Crippen LogP contribution in [0.5, 0.6) is 5.88 Å². The number of nitrogens with one attached hydrogen (secondary N) is 1. The monoisotopic (exact) mass is 284 g/mol. The Morgan fingerprint density at radius 1 is 1.53 bits per heavy atom. The molecule has 0 amide bonds. The fraction of sp³-hybridized carbons (Fsp3) is 0.833. The molecule has 3 atom stereocenters. The molecule has 0 aromatic carbocycles. The molecule has 0 saturated carbocycles. The molecule has 106 valence electrons. The molecule has 0 bridgehead atoms. The Labute approximate surface area is 117 Å². The zero-order chi connectivity index (χ0) is 13.1. The smallest absolute Gasteiger partial charge is 0.245 e. The first-order valence-corrected chi connectivity index (χ1v) is 7.62. The summed E-state index contributed by atoms with van der Waals surface area (Å²) in [6.45, 7) is 3.27. The van der Waals surface area contributed by atoms with Crippen molar-refractivity contribution in [1.29, 1.82) is 0 Å². The summed E-state index contributed by atoms with van der Waals surface area (Å²) in [5, 5.41) is 13.4. The van der Waals surface area contributed by atoms with Crippen molar-refractivity contribution in [2.24, 2.45) is 0 Å². The summed E-state index contributed by atoms with van der Waals surface area (Å²) in [7, 11) is 0. The molecule has 2 saturated heterocycles. The van der Waals surface area contributed by atoms with E-state index in [2.05, 4.69) is 19.0 Å². The molecule has 7 heteroatoms. The SMILES string of the molecule is OC(CNC1CCN2CCCC12)COc1cnsn1. The van der Waals surface area contributed by atoms with Crippen LogP contribution in [0.4, 0.5) is 0 Å². The Morgan fingerprint density at radius 2 is 2.47 bits per heavy atom. The Bertz CT molecular complexity index is 389. The molecule has 0 aliphatic carbocycles. The van der Waals surface area contributed by atoms with Crippen molar-refractivity contribution in [1.82, 2.24) is 19.0 Å². The van der Waals surface area contributed by atoms with Crippen LogP contribution in [-0.4, -0.2) is 63.2 Å². The number of rotatable bonds is 6. The third-order valence-corrected chi connectivity index (χ3v) is 4.45. The van der Waals surface area contributed by atoms with E-state index in [0.29, 0.717) is 24.5 Å². The molecule has 3 unspecified atom stereocenters. The standard InChI is InChI=1S/C12H20N4O2S/c17-9(8-18-12-7-14-19-15-12)6-13-10-3-5-16-4-1-2-11(10)16/h7,9-11,13,17H,1-6,8H2. The van der Waals surface area contributed by atoms with Gasteiger partial charge in [0.2, 0.25) is 5.88 Å². The van der Waals surface area contributed by atoms with Crippen LogP contribution in [-0.2, 0) is 0 Å². The first-order valence-electron chi connectivity index (χ1n) is 6.89. The highest BCUT2D eigenvalue weighted by molar-refractivity contribution is 6.99. The summed E-state index contributed by atoms with van der Waals surface area (Å²) in [4.78, 5) is 2.56. The zero-order valence-corrected chi connectivity index (χ0v) is 11.7. The quantitative estimate of drug-likeness (QED) is 0.772. The second-order valence-corrected chi connectivity index (χ2v) is 5.82. The minimum atomic E-state index is -0.503. The van der Waals surface area contributed by atoms with Crippen molar-refractivity contribution in [2.75, 3.05) is 26.2 Å². The molecule has 0 radical (unpaired) electrons. The summed E-state index contributed by atoms with van der Waals surface area (Å²) in [5.74, 6) is 0.492. The highest BCUT2D eigenvalue weighted by Crippen LogP contribution is 2.27. The molecule has 2 N–H and O–H groups in total. The van der Waals surface area contributed by atoms with Crippen LogP contribution in [0.3, 0.4) is 0 Å². The van der Waals surface area contributed by atoms with Crippen molar-refractivity contribution in [3.63, 3.8) is 0 Å². The maximum Gasteiger partial charge on any atom is 0.245 e. The van der Waals surface area contributed by atoms with Crippen LogP contribution in [0.1, 0.15) is 19.3 Å². The summed E-state index contributed by atoms with van der Waals surface area (Å²) < 4.78 is 13.1. The lowest BCUT2D eigenvalue weighted by Gasteiger charge is -2.22. The van der Waals surface area contributed by atoms with Gasteiger partial charge in [-0.25, -0.2) is 0 Å². The van der Waals surface area contributed by atoms with E-state index in [4.69, 9.17) is 4.74 Å². The van der Waals surface area contributed by atoms with E-state index in [0.717, 1.165) is 11.7 Å². The second kappa shape index (κ2) is 6.13. The van der Waals surface area contributed by atoms with Crippen LogP contribution in [0.15, 0.2) is 6.20 Å². The predicted octanol–water partition coefficient (Wildman–Crippen LogP) is 0.104. The molecular formula is C12H20N4O2S. The number of aliphatic hydroxyl groups is 1. The Kier molecular flexibility index (Phi) is 4.27. The van der Waals surface area contributed by atoms with E-state index in [-0.39, 0.29) is 6.61 Å². The van der Waals surface area contributed by atoms with Gasteiger partial charge in [-0.3, -0.25) is 4.90 Å². The van der Waals surface area contributed by atoms with Gasteiger partial charge in [0, 0.05) is 25.2 Å². The lowest BCUT2D eigenvalue weighted by Crippen LogP contribution is -2.43. The van der Waals surface area contributed by atoms with Crippen molar-refractivity contribution in [3.05, 3.63) is 6.20 Å². The molecule has 1 aromatic rings. The minimum Gasteiger partial charge on any atom is -0.473 e. The lowest BCUT2D eigenvalue weighted by molar-refractivity contribution is 0.100. The van der Waals surface area contributed by atoms with Crippen LogP contribution in [0.2, 0.25) is 0 Å². The number of nitrogens with zero attached hydrogens (tertiary/aromatic N) is 3. The van der Waals surface area contributed by atoms with Gasteiger partial charge in [0.1, 0.15) is 18.9 Å². The number of aromatic nitrogens is 2. The van der Waals surface area contributed by atoms with E-state index in [1.807, 2.05) is 0 Å². The molecule has 19 heavy (non-hydrogen) atoms. The van der Waals surface area contributed by atoms with Gasteiger partial charge in [-0.05, 0) is 25.8 Å². The van der Waals surface area contributed by atoms with E-state index in [1.54, 1.807) is 6.20 Å². The van der Waals surface area contributed by atoms with Crippen molar-refractivity contribution in [3.8, 4) is 5.88 Å². The van der Waals surface area contributed by atoms with Crippen molar-refractivity contribution < 1.29 is 9.84 Å². The van der Waals surface area contributed by atoms with Gasteiger partial charge in [-0.15, -0.1) is 4.37 Å². The van der Waals surface area contributed by atoms with Gasteiger partial charge < -0.3 is 15.2 Å².